The van der Waals surface area contributed by atoms with Gasteiger partial charge < -0.3 is 0 Å². The minimum absolute atomic E-state index is 0.00931. The molecular weight excluding hydrogens is 473 g/mol. The maximum atomic E-state index is 6.18. The number of nitrogens with zero attached hydrogens (tertiary/aromatic N) is 1. The van der Waals surface area contributed by atoms with Gasteiger partial charge in [0.2, 0.25) is 0 Å². The van der Waals surface area contributed by atoms with Crippen LogP contribution in [-0.2, 0) is 23.3 Å². The van der Waals surface area contributed by atoms with Crippen molar-refractivity contribution in [2.24, 2.45) is 3.50 Å². The normalized spacial score (nSPS) is 13.3. The zero-order chi connectivity index (χ0) is 15.9. The summed E-state index contributed by atoms with van der Waals surface area (Å²) in [5.41, 5.74) is 1.99. The Labute approximate surface area is 145 Å². The van der Waals surface area contributed by atoms with E-state index in [1.807, 2.05) is 6.07 Å². The Hall–Kier alpha value is -0.622. The van der Waals surface area contributed by atoms with E-state index >= 15 is 0 Å². The van der Waals surface area contributed by atoms with Gasteiger partial charge in [0.05, 0.1) is 0 Å². The first-order chi connectivity index (χ1) is 9.88. The van der Waals surface area contributed by atoms with Crippen molar-refractivity contribution in [1.29, 1.82) is 0 Å². The van der Waals surface area contributed by atoms with E-state index in [4.69, 9.17) is 23.2 Å². The second-order valence-electron chi connectivity index (χ2n) is 5.03. The molecule has 112 valence electrons. The van der Waals surface area contributed by atoms with Gasteiger partial charge in [0.1, 0.15) is 0 Å². The summed E-state index contributed by atoms with van der Waals surface area (Å²) in [5.74, 6) is 0. The Bertz CT molecular complexity index is 617. The van der Waals surface area contributed by atoms with Gasteiger partial charge in [-0.2, -0.15) is 0 Å². The van der Waals surface area contributed by atoms with Crippen LogP contribution in [0.2, 0.25) is 0 Å². The quantitative estimate of drug-likeness (QED) is 0.461. The summed E-state index contributed by atoms with van der Waals surface area (Å²) in [7, 11) is 0. The van der Waals surface area contributed by atoms with Crippen molar-refractivity contribution in [2.45, 2.75) is 26.2 Å². The molecule has 0 N–H and O–H groups in total. The maximum absolute atomic E-state index is 6.18. The van der Waals surface area contributed by atoms with Crippen molar-refractivity contribution in [2.75, 3.05) is 0 Å². The fourth-order valence-corrected chi connectivity index (χ4v) is 5.31. The fraction of sp³-hybridized carbons (Fsp3) is 0.235. The molecular formula is C17H19Cl2NW. The first-order valence-electron chi connectivity index (χ1n) is 6.50. The number of halogens is 2. The molecule has 0 heterocycles. The van der Waals surface area contributed by atoms with E-state index < -0.39 is 17.9 Å². The molecule has 0 unspecified atom stereocenters. The third-order valence-corrected chi connectivity index (χ3v) is 6.84. The van der Waals surface area contributed by atoms with Crippen LogP contribution >= 0.6 is 23.2 Å². The van der Waals surface area contributed by atoms with Gasteiger partial charge in [0, 0.05) is 0 Å². The van der Waals surface area contributed by atoms with Crippen LogP contribution in [0.25, 0.3) is 0 Å². The van der Waals surface area contributed by atoms with Crippen molar-refractivity contribution >= 4 is 27.6 Å². The van der Waals surface area contributed by atoms with Crippen molar-refractivity contribution in [1.82, 2.24) is 0 Å². The van der Waals surface area contributed by atoms with Crippen LogP contribution in [0.4, 0.5) is 0 Å². The predicted molar refractivity (Wildman–Crippen MR) is 90.6 cm³/mol. The third kappa shape index (κ3) is 5.94. The molecule has 0 aliphatic rings. The number of rotatable bonds is 5. The number of hydrogen-bond donors (Lipinski definition) is 0. The van der Waals surface area contributed by atoms with Crippen molar-refractivity contribution in [3.8, 4) is 0 Å². The van der Waals surface area contributed by atoms with Gasteiger partial charge in [0.15, 0.2) is 0 Å². The molecule has 1 nitrogen and oxygen atoms in total. The Morgan fingerprint density at radius 1 is 1.24 bits per heavy atom. The van der Waals surface area contributed by atoms with Crippen LogP contribution < -0.4 is 0 Å². The van der Waals surface area contributed by atoms with Crippen molar-refractivity contribution < 1.29 is 17.9 Å². The molecule has 0 bridgehead atoms. The van der Waals surface area contributed by atoms with Gasteiger partial charge in [-0.25, -0.2) is 0 Å². The summed E-state index contributed by atoms with van der Waals surface area (Å²) >= 11 is 11.2. The monoisotopic (exact) mass is 491 g/mol. The van der Waals surface area contributed by atoms with Crippen LogP contribution in [0.15, 0.2) is 68.3 Å². The number of allylic oxidation sites excluding steroid dienone is 4. The minimum atomic E-state index is -1.06. The van der Waals surface area contributed by atoms with Gasteiger partial charge in [0.25, 0.3) is 0 Å². The van der Waals surface area contributed by atoms with Crippen LogP contribution in [0.1, 0.15) is 26.3 Å². The molecule has 21 heavy (non-hydrogen) atoms. The van der Waals surface area contributed by atoms with Gasteiger partial charge >= 0.3 is 146 Å². The van der Waals surface area contributed by atoms with E-state index in [2.05, 4.69) is 52.6 Å². The molecule has 0 spiro atoms. The number of hydrogen-bond acceptors (Lipinski definition) is 1. The molecule has 4 heteroatoms. The van der Waals surface area contributed by atoms with Crippen LogP contribution in [0.5, 0.6) is 0 Å². The summed E-state index contributed by atoms with van der Waals surface area (Å²) < 4.78 is 6.98. The van der Waals surface area contributed by atoms with Gasteiger partial charge in [-0.05, 0) is 0 Å². The second kappa shape index (κ2) is 8.73. The standard InChI is InChI=1S/C10H12.C7H7Cl2N.W/c1-10(2,3)9-7-5-4-6-8-9;1-3-4-6(9)7(10)5(2)8;/h1,4-8H,2-3H3;3-4H,1H2,2H3;/b;6-4+,7-5-;. The fourth-order valence-electron chi connectivity index (χ4n) is 1.60. The Kier molecular flexibility index (Phi) is 7.66. The van der Waals surface area contributed by atoms with E-state index in [-0.39, 0.29) is 5.41 Å². The van der Waals surface area contributed by atoms with Crippen molar-refractivity contribution in [3.63, 3.8) is 0 Å². The summed E-state index contributed by atoms with van der Waals surface area (Å²) in [6.45, 7) is 9.85. The second-order valence-corrected chi connectivity index (χ2v) is 8.27. The summed E-state index contributed by atoms with van der Waals surface area (Å²) in [6.07, 6.45) is 3.35. The molecule has 0 aliphatic heterocycles. The summed E-state index contributed by atoms with van der Waals surface area (Å²) in [4.78, 5) is 0. The molecule has 1 rings (SSSR count). The number of benzene rings is 1. The van der Waals surface area contributed by atoms with Crippen LogP contribution in [0, 0.1) is 0 Å². The molecule has 0 aliphatic carbocycles. The Morgan fingerprint density at radius 3 is 2.38 bits per heavy atom. The van der Waals surface area contributed by atoms with Gasteiger partial charge in [-0.3, -0.25) is 0 Å². The Balaban J connectivity index is 3.10. The molecule has 0 aromatic heterocycles. The summed E-state index contributed by atoms with van der Waals surface area (Å²) in [5, 5.41) is 1.16. The topological polar surface area (TPSA) is 12.4 Å². The molecule has 0 amide bonds. The molecule has 0 fully saturated rings. The molecule has 0 radical (unpaired) electrons. The van der Waals surface area contributed by atoms with E-state index in [0.29, 0.717) is 15.8 Å². The SMILES string of the molecule is C=C/C=C(Cl)\C([N]=[W]=[CH]C(C)(C)c1ccccc1)=C(/C)Cl. The average Bonchev–Trinajstić information content (AvgIpc) is 2.44. The van der Waals surface area contributed by atoms with Gasteiger partial charge in [-0.15, -0.1) is 0 Å². The van der Waals surface area contributed by atoms with E-state index in [0.717, 1.165) is 0 Å². The molecule has 0 atom stereocenters. The third-order valence-electron chi connectivity index (χ3n) is 2.83. The van der Waals surface area contributed by atoms with Crippen molar-refractivity contribution in [3.05, 3.63) is 70.4 Å². The molecule has 0 saturated heterocycles. The average molecular weight is 492 g/mol. The zero-order valence-electron chi connectivity index (χ0n) is 12.4. The van der Waals surface area contributed by atoms with E-state index in [9.17, 15) is 0 Å². The Morgan fingerprint density at radius 2 is 1.86 bits per heavy atom. The molecule has 1 aromatic carbocycles. The van der Waals surface area contributed by atoms with E-state index in [1.54, 1.807) is 19.1 Å². The zero-order valence-corrected chi connectivity index (χ0v) is 16.9. The first-order valence-corrected chi connectivity index (χ1v) is 10.3. The van der Waals surface area contributed by atoms with Crippen LogP contribution in [0.3, 0.4) is 0 Å². The summed E-state index contributed by atoms with van der Waals surface area (Å²) in [6, 6.07) is 10.4. The van der Waals surface area contributed by atoms with Gasteiger partial charge in [-0.1, -0.05) is 0 Å². The van der Waals surface area contributed by atoms with E-state index in [1.165, 1.54) is 5.56 Å². The van der Waals surface area contributed by atoms with Crippen LogP contribution in [-0.4, -0.2) is 4.40 Å². The molecule has 0 saturated carbocycles. The predicted octanol–water partition coefficient (Wildman–Crippen LogP) is 5.81. The first kappa shape index (κ1) is 18.4. The molecule has 1 aromatic rings.